The highest BCUT2D eigenvalue weighted by Crippen LogP contribution is 2.24. The van der Waals surface area contributed by atoms with Crippen molar-refractivity contribution in [2.24, 2.45) is 5.41 Å². The number of nitrogens with zero attached hydrogens (tertiary/aromatic N) is 1. The third-order valence-electron chi connectivity index (χ3n) is 3.05. The molecule has 0 saturated carbocycles. The van der Waals surface area contributed by atoms with E-state index in [0.29, 0.717) is 0 Å². The first-order valence-electron chi connectivity index (χ1n) is 6.94. The van der Waals surface area contributed by atoms with E-state index in [0.717, 1.165) is 25.3 Å². The van der Waals surface area contributed by atoms with Gasteiger partial charge in [0.2, 0.25) is 0 Å². The molecule has 106 valence electrons. The number of carbonyl (C=O) groups is 1. The van der Waals surface area contributed by atoms with Crippen LogP contribution in [-0.4, -0.2) is 29.0 Å². The number of hydrogen-bond acceptors (Lipinski definition) is 2. The van der Waals surface area contributed by atoms with Crippen molar-refractivity contribution in [2.75, 3.05) is 18.8 Å². The number of carbonyl (C=O) groups excluding carboxylic acids is 1. The maximum absolute atomic E-state index is 12.0. The van der Waals surface area contributed by atoms with Crippen molar-refractivity contribution in [2.45, 2.75) is 34.1 Å². The van der Waals surface area contributed by atoms with E-state index in [9.17, 15) is 4.79 Å². The standard InChI is InChI=1S/C16H25NOS/c1-5-17(15(18)19-6-2)13-16(3,4)12-14-10-8-7-9-11-14/h7-11H,5-6,12-13H2,1-4H3. The van der Waals surface area contributed by atoms with Crippen LogP contribution >= 0.6 is 11.8 Å². The highest BCUT2D eigenvalue weighted by atomic mass is 32.2. The Hall–Kier alpha value is -0.960. The van der Waals surface area contributed by atoms with E-state index < -0.39 is 0 Å². The fraction of sp³-hybridized carbons (Fsp3) is 0.562. The van der Waals surface area contributed by atoms with Gasteiger partial charge in [0, 0.05) is 13.1 Å². The molecule has 0 radical (unpaired) electrons. The maximum Gasteiger partial charge on any atom is 0.281 e. The second-order valence-corrected chi connectivity index (χ2v) is 6.75. The highest BCUT2D eigenvalue weighted by Gasteiger charge is 2.24. The average Bonchev–Trinajstić information content (AvgIpc) is 2.37. The van der Waals surface area contributed by atoms with E-state index in [1.807, 2.05) is 24.8 Å². The van der Waals surface area contributed by atoms with Crippen molar-refractivity contribution in [1.82, 2.24) is 4.90 Å². The van der Waals surface area contributed by atoms with Gasteiger partial charge in [-0.1, -0.05) is 62.9 Å². The predicted molar refractivity (Wildman–Crippen MR) is 84.7 cm³/mol. The average molecular weight is 279 g/mol. The molecular formula is C16H25NOS. The van der Waals surface area contributed by atoms with Gasteiger partial charge < -0.3 is 4.90 Å². The Balaban J connectivity index is 2.64. The summed E-state index contributed by atoms with van der Waals surface area (Å²) in [4.78, 5) is 13.9. The smallest absolute Gasteiger partial charge is 0.281 e. The van der Waals surface area contributed by atoms with Crippen LogP contribution in [0.4, 0.5) is 4.79 Å². The second-order valence-electron chi connectivity index (χ2n) is 5.54. The zero-order valence-electron chi connectivity index (χ0n) is 12.5. The molecule has 1 aromatic rings. The Morgan fingerprint density at radius 3 is 2.37 bits per heavy atom. The summed E-state index contributed by atoms with van der Waals surface area (Å²) in [6.07, 6.45) is 0.994. The van der Waals surface area contributed by atoms with Gasteiger partial charge in [0.1, 0.15) is 0 Å². The van der Waals surface area contributed by atoms with Crippen LogP contribution in [0.5, 0.6) is 0 Å². The van der Waals surface area contributed by atoms with Crippen molar-refractivity contribution in [3.05, 3.63) is 35.9 Å². The van der Waals surface area contributed by atoms with Gasteiger partial charge >= 0.3 is 0 Å². The summed E-state index contributed by atoms with van der Waals surface area (Å²) in [5.41, 5.74) is 1.43. The third kappa shape index (κ3) is 5.68. The summed E-state index contributed by atoms with van der Waals surface area (Å²) >= 11 is 1.40. The molecule has 0 heterocycles. The summed E-state index contributed by atoms with van der Waals surface area (Å²) in [5, 5.41) is 0.200. The zero-order valence-corrected chi connectivity index (χ0v) is 13.3. The van der Waals surface area contributed by atoms with Gasteiger partial charge in [0.25, 0.3) is 5.24 Å². The van der Waals surface area contributed by atoms with Crippen LogP contribution in [0.25, 0.3) is 0 Å². The Labute approximate surface area is 121 Å². The molecular weight excluding hydrogens is 254 g/mol. The van der Waals surface area contributed by atoms with Crippen LogP contribution < -0.4 is 0 Å². The van der Waals surface area contributed by atoms with Crippen LogP contribution in [0, 0.1) is 5.41 Å². The summed E-state index contributed by atoms with van der Waals surface area (Å²) in [7, 11) is 0. The maximum atomic E-state index is 12.0. The Bertz CT molecular complexity index is 389. The first-order chi connectivity index (χ1) is 8.98. The lowest BCUT2D eigenvalue weighted by molar-refractivity contribution is 0.192. The lowest BCUT2D eigenvalue weighted by Crippen LogP contribution is -2.37. The van der Waals surface area contributed by atoms with Crippen molar-refractivity contribution in [3.8, 4) is 0 Å². The van der Waals surface area contributed by atoms with E-state index in [4.69, 9.17) is 0 Å². The molecule has 0 aliphatic rings. The van der Waals surface area contributed by atoms with E-state index in [-0.39, 0.29) is 10.7 Å². The molecule has 0 spiro atoms. The molecule has 0 N–H and O–H groups in total. The molecule has 0 aromatic heterocycles. The Morgan fingerprint density at radius 2 is 1.84 bits per heavy atom. The Kier molecular flexibility index (Phi) is 6.43. The van der Waals surface area contributed by atoms with Crippen LogP contribution in [-0.2, 0) is 6.42 Å². The minimum atomic E-state index is 0.0985. The van der Waals surface area contributed by atoms with Gasteiger partial charge in [0.15, 0.2) is 0 Å². The lowest BCUT2D eigenvalue weighted by atomic mass is 9.85. The minimum Gasteiger partial charge on any atom is -0.333 e. The molecule has 1 aromatic carbocycles. The van der Waals surface area contributed by atoms with Gasteiger partial charge in [-0.3, -0.25) is 4.79 Å². The van der Waals surface area contributed by atoms with Crippen molar-refractivity contribution in [3.63, 3.8) is 0 Å². The van der Waals surface area contributed by atoms with Gasteiger partial charge in [-0.05, 0) is 30.1 Å². The highest BCUT2D eigenvalue weighted by molar-refractivity contribution is 8.13. The fourth-order valence-electron chi connectivity index (χ4n) is 2.24. The number of hydrogen-bond donors (Lipinski definition) is 0. The molecule has 19 heavy (non-hydrogen) atoms. The molecule has 1 amide bonds. The summed E-state index contributed by atoms with van der Waals surface area (Å²) < 4.78 is 0. The van der Waals surface area contributed by atoms with Crippen molar-refractivity contribution >= 4 is 17.0 Å². The minimum absolute atomic E-state index is 0.0985. The molecule has 0 saturated heterocycles. The van der Waals surface area contributed by atoms with Crippen LogP contribution in [0.3, 0.4) is 0 Å². The molecule has 0 bridgehead atoms. The number of rotatable bonds is 6. The van der Waals surface area contributed by atoms with E-state index in [2.05, 4.69) is 38.1 Å². The second kappa shape index (κ2) is 7.59. The monoisotopic (exact) mass is 279 g/mol. The van der Waals surface area contributed by atoms with Gasteiger partial charge in [-0.15, -0.1) is 0 Å². The number of amides is 1. The van der Waals surface area contributed by atoms with Crippen LogP contribution in [0.2, 0.25) is 0 Å². The quantitative estimate of drug-likeness (QED) is 0.766. The summed E-state index contributed by atoms with van der Waals surface area (Å²) in [6, 6.07) is 10.5. The van der Waals surface area contributed by atoms with Crippen molar-refractivity contribution < 1.29 is 4.79 Å². The first kappa shape index (κ1) is 16.1. The molecule has 0 unspecified atom stereocenters. The topological polar surface area (TPSA) is 20.3 Å². The van der Waals surface area contributed by atoms with Gasteiger partial charge in [-0.2, -0.15) is 0 Å². The molecule has 0 aliphatic carbocycles. The van der Waals surface area contributed by atoms with Gasteiger partial charge in [0.05, 0.1) is 0 Å². The SMILES string of the molecule is CCSC(=O)N(CC)CC(C)(C)Cc1ccccc1. The van der Waals surface area contributed by atoms with E-state index in [1.54, 1.807) is 0 Å². The predicted octanol–water partition coefficient (Wildman–Crippen LogP) is 4.45. The van der Waals surface area contributed by atoms with Crippen LogP contribution in [0.1, 0.15) is 33.3 Å². The molecule has 0 atom stereocenters. The summed E-state index contributed by atoms with van der Waals surface area (Å²) in [5.74, 6) is 0.842. The normalized spacial score (nSPS) is 11.4. The number of thioether (sulfide) groups is 1. The molecule has 1 rings (SSSR count). The summed E-state index contributed by atoms with van der Waals surface area (Å²) in [6.45, 7) is 10.1. The zero-order chi connectivity index (χ0) is 14.3. The molecule has 0 fully saturated rings. The molecule has 2 nitrogen and oxygen atoms in total. The first-order valence-corrected chi connectivity index (χ1v) is 7.92. The van der Waals surface area contributed by atoms with E-state index in [1.165, 1.54) is 17.3 Å². The molecule has 0 aliphatic heterocycles. The third-order valence-corrected chi connectivity index (χ3v) is 3.85. The van der Waals surface area contributed by atoms with E-state index >= 15 is 0 Å². The Morgan fingerprint density at radius 1 is 1.21 bits per heavy atom. The lowest BCUT2D eigenvalue weighted by Gasteiger charge is -2.32. The fourth-order valence-corrected chi connectivity index (χ4v) is 2.86. The van der Waals surface area contributed by atoms with Crippen LogP contribution in [0.15, 0.2) is 30.3 Å². The van der Waals surface area contributed by atoms with Crippen molar-refractivity contribution in [1.29, 1.82) is 0 Å². The largest absolute Gasteiger partial charge is 0.333 e. The molecule has 3 heteroatoms. The number of benzene rings is 1. The van der Waals surface area contributed by atoms with Gasteiger partial charge in [-0.25, -0.2) is 0 Å².